The van der Waals surface area contributed by atoms with Crippen LogP contribution in [0, 0.1) is 0 Å². The summed E-state index contributed by atoms with van der Waals surface area (Å²) in [6.07, 6.45) is 1.59. The number of benzene rings is 1. The minimum atomic E-state index is -0.178. The fourth-order valence-corrected chi connectivity index (χ4v) is 3.08. The van der Waals surface area contributed by atoms with Gasteiger partial charge in [0, 0.05) is 24.4 Å². The van der Waals surface area contributed by atoms with Gasteiger partial charge in [0.2, 0.25) is 0 Å². The molecule has 2 heterocycles. The summed E-state index contributed by atoms with van der Waals surface area (Å²) >= 11 is 1.62. The lowest BCUT2D eigenvalue weighted by Gasteiger charge is -2.11. The lowest BCUT2D eigenvalue weighted by atomic mass is 10.1. The van der Waals surface area contributed by atoms with E-state index in [1.54, 1.807) is 43.9 Å². The van der Waals surface area contributed by atoms with E-state index in [9.17, 15) is 4.79 Å². The third-order valence-corrected chi connectivity index (χ3v) is 4.63. The molecule has 2 aromatic heterocycles. The first-order valence-electron chi connectivity index (χ1n) is 7.70. The fraction of sp³-hybridized carbons (Fsp3) is 0.158. The zero-order chi connectivity index (χ0) is 17.6. The van der Waals surface area contributed by atoms with Crippen molar-refractivity contribution >= 4 is 17.2 Å². The van der Waals surface area contributed by atoms with Crippen LogP contribution in [0.3, 0.4) is 0 Å². The van der Waals surface area contributed by atoms with Crippen molar-refractivity contribution in [1.82, 2.24) is 10.3 Å². The molecular weight excluding hydrogens is 336 g/mol. The third-order valence-electron chi connectivity index (χ3n) is 3.73. The third kappa shape index (κ3) is 3.97. The summed E-state index contributed by atoms with van der Waals surface area (Å²) in [5.74, 6) is 1.20. The molecule has 3 rings (SSSR count). The number of amides is 1. The molecular formula is C19H18N2O3S. The van der Waals surface area contributed by atoms with Crippen molar-refractivity contribution in [3.8, 4) is 22.1 Å². The van der Waals surface area contributed by atoms with Gasteiger partial charge in [-0.05, 0) is 35.7 Å². The number of pyridine rings is 1. The van der Waals surface area contributed by atoms with Gasteiger partial charge in [0.15, 0.2) is 0 Å². The molecule has 1 amide bonds. The summed E-state index contributed by atoms with van der Waals surface area (Å²) < 4.78 is 10.5. The van der Waals surface area contributed by atoms with Crippen LogP contribution in [0.4, 0.5) is 0 Å². The van der Waals surface area contributed by atoms with Gasteiger partial charge in [-0.2, -0.15) is 0 Å². The molecule has 25 heavy (non-hydrogen) atoms. The second-order valence-electron chi connectivity index (χ2n) is 5.27. The molecule has 0 saturated heterocycles. The minimum Gasteiger partial charge on any atom is -0.497 e. The summed E-state index contributed by atoms with van der Waals surface area (Å²) in [4.78, 5) is 17.8. The van der Waals surface area contributed by atoms with Crippen LogP contribution >= 0.6 is 11.3 Å². The predicted octanol–water partition coefficient (Wildman–Crippen LogP) is 3.76. The normalized spacial score (nSPS) is 10.3. The topological polar surface area (TPSA) is 60.5 Å². The number of rotatable bonds is 6. The Labute approximate surface area is 150 Å². The van der Waals surface area contributed by atoms with Crippen molar-refractivity contribution in [2.24, 2.45) is 0 Å². The Kier molecular flexibility index (Phi) is 5.30. The van der Waals surface area contributed by atoms with Crippen molar-refractivity contribution in [3.63, 3.8) is 0 Å². The maximum absolute atomic E-state index is 12.3. The van der Waals surface area contributed by atoms with Gasteiger partial charge < -0.3 is 14.8 Å². The number of ether oxygens (including phenoxy) is 2. The van der Waals surface area contributed by atoms with Gasteiger partial charge in [-0.3, -0.25) is 9.78 Å². The van der Waals surface area contributed by atoms with E-state index >= 15 is 0 Å². The van der Waals surface area contributed by atoms with Crippen LogP contribution in [0.5, 0.6) is 11.5 Å². The second kappa shape index (κ2) is 7.81. The molecule has 0 aliphatic carbocycles. The van der Waals surface area contributed by atoms with Crippen molar-refractivity contribution in [1.29, 1.82) is 0 Å². The van der Waals surface area contributed by atoms with Crippen LogP contribution in [0.25, 0.3) is 10.6 Å². The Balaban J connectivity index is 1.66. The zero-order valence-corrected chi connectivity index (χ0v) is 14.8. The summed E-state index contributed by atoms with van der Waals surface area (Å²) in [7, 11) is 3.19. The van der Waals surface area contributed by atoms with Crippen molar-refractivity contribution in [2.75, 3.05) is 14.2 Å². The molecule has 5 nitrogen and oxygen atoms in total. The number of nitrogens with one attached hydrogen (secondary N) is 1. The summed E-state index contributed by atoms with van der Waals surface area (Å²) in [5.41, 5.74) is 2.26. The molecule has 3 aromatic rings. The molecule has 0 aliphatic rings. The smallest absolute Gasteiger partial charge is 0.253 e. The van der Waals surface area contributed by atoms with Gasteiger partial charge >= 0.3 is 0 Å². The molecule has 0 bridgehead atoms. The van der Waals surface area contributed by atoms with Crippen LogP contribution in [0.2, 0.25) is 0 Å². The lowest BCUT2D eigenvalue weighted by molar-refractivity contribution is 0.0950. The average Bonchev–Trinajstić information content (AvgIpc) is 3.20. The Bertz CT molecular complexity index is 846. The van der Waals surface area contributed by atoms with Crippen LogP contribution in [-0.2, 0) is 6.54 Å². The molecule has 1 aromatic carbocycles. The van der Waals surface area contributed by atoms with Crippen LogP contribution in [-0.4, -0.2) is 25.1 Å². The molecule has 128 valence electrons. The van der Waals surface area contributed by atoms with Gasteiger partial charge in [-0.1, -0.05) is 6.07 Å². The number of carbonyl (C=O) groups is 1. The van der Waals surface area contributed by atoms with E-state index in [4.69, 9.17) is 9.47 Å². The number of carbonyl (C=O) groups excluding carboxylic acids is 1. The molecule has 0 saturated carbocycles. The largest absolute Gasteiger partial charge is 0.497 e. The molecule has 0 unspecified atom stereocenters. The molecule has 0 spiro atoms. The standard InChI is InChI=1S/C19H18N2O3S/c1-23-15-7-5-13(17(10-15)24-2)11-21-19(22)14-6-8-16(20-12-14)18-4-3-9-25-18/h3-10,12H,11H2,1-2H3,(H,21,22). The molecule has 0 radical (unpaired) electrons. The Morgan fingerprint density at radius 3 is 2.68 bits per heavy atom. The highest BCUT2D eigenvalue weighted by Crippen LogP contribution is 2.25. The lowest BCUT2D eigenvalue weighted by Crippen LogP contribution is -2.23. The fourth-order valence-electron chi connectivity index (χ4n) is 2.37. The Morgan fingerprint density at radius 2 is 2.04 bits per heavy atom. The number of nitrogens with zero attached hydrogens (tertiary/aromatic N) is 1. The molecule has 0 aliphatic heterocycles. The predicted molar refractivity (Wildman–Crippen MR) is 98.3 cm³/mol. The van der Waals surface area contributed by atoms with Gasteiger partial charge in [0.25, 0.3) is 5.91 Å². The SMILES string of the molecule is COc1ccc(CNC(=O)c2ccc(-c3cccs3)nc2)c(OC)c1. The average molecular weight is 354 g/mol. The molecule has 0 atom stereocenters. The zero-order valence-electron chi connectivity index (χ0n) is 14.0. The molecule has 1 N–H and O–H groups in total. The monoisotopic (exact) mass is 354 g/mol. The van der Waals surface area contributed by atoms with E-state index in [0.717, 1.165) is 16.1 Å². The van der Waals surface area contributed by atoms with Gasteiger partial charge in [0.05, 0.1) is 30.4 Å². The van der Waals surface area contributed by atoms with Crippen LogP contribution < -0.4 is 14.8 Å². The molecule has 6 heteroatoms. The first-order chi connectivity index (χ1) is 12.2. The van der Waals surface area contributed by atoms with Crippen molar-refractivity contribution < 1.29 is 14.3 Å². The highest BCUT2D eigenvalue weighted by molar-refractivity contribution is 7.13. The highest BCUT2D eigenvalue weighted by Gasteiger charge is 2.10. The Hall–Kier alpha value is -2.86. The van der Waals surface area contributed by atoms with Crippen LogP contribution in [0.1, 0.15) is 15.9 Å². The number of aromatic nitrogens is 1. The van der Waals surface area contributed by atoms with Gasteiger partial charge in [-0.25, -0.2) is 0 Å². The maximum Gasteiger partial charge on any atom is 0.253 e. The van der Waals surface area contributed by atoms with Crippen molar-refractivity contribution in [3.05, 3.63) is 65.2 Å². The maximum atomic E-state index is 12.3. The van der Waals surface area contributed by atoms with E-state index in [2.05, 4.69) is 10.3 Å². The quantitative estimate of drug-likeness (QED) is 0.732. The van der Waals surface area contributed by atoms with E-state index in [0.29, 0.717) is 23.6 Å². The molecule has 0 fully saturated rings. The van der Waals surface area contributed by atoms with E-state index in [1.165, 1.54) is 0 Å². The minimum absolute atomic E-state index is 0.178. The van der Waals surface area contributed by atoms with E-state index in [1.807, 2.05) is 35.7 Å². The number of thiophene rings is 1. The first kappa shape index (κ1) is 17.0. The highest BCUT2D eigenvalue weighted by atomic mass is 32.1. The Morgan fingerprint density at radius 1 is 1.16 bits per heavy atom. The van der Waals surface area contributed by atoms with Crippen LogP contribution in [0.15, 0.2) is 54.0 Å². The van der Waals surface area contributed by atoms with E-state index in [-0.39, 0.29) is 5.91 Å². The summed E-state index contributed by atoms with van der Waals surface area (Å²) in [5, 5.41) is 4.88. The second-order valence-corrected chi connectivity index (χ2v) is 6.22. The first-order valence-corrected chi connectivity index (χ1v) is 8.58. The number of hydrogen-bond donors (Lipinski definition) is 1. The summed E-state index contributed by atoms with van der Waals surface area (Å²) in [6, 6.07) is 13.1. The van der Waals surface area contributed by atoms with Gasteiger partial charge in [-0.15, -0.1) is 11.3 Å². The number of methoxy groups -OCH3 is 2. The van der Waals surface area contributed by atoms with Gasteiger partial charge in [0.1, 0.15) is 11.5 Å². The summed E-state index contributed by atoms with van der Waals surface area (Å²) in [6.45, 7) is 0.360. The number of hydrogen-bond acceptors (Lipinski definition) is 5. The van der Waals surface area contributed by atoms with E-state index < -0.39 is 0 Å². The van der Waals surface area contributed by atoms with Crippen molar-refractivity contribution in [2.45, 2.75) is 6.54 Å².